The highest BCUT2D eigenvalue weighted by Gasteiger charge is 2.33. The number of Topliss-reactive ketones (excluding diaryl/α,β-unsaturated/α-hetero) is 1. The van der Waals surface area contributed by atoms with Crippen LogP contribution in [0.2, 0.25) is 0 Å². The number of hydrogen-bond acceptors (Lipinski definition) is 2. The van der Waals surface area contributed by atoms with E-state index in [0.717, 1.165) is 19.3 Å². The highest BCUT2D eigenvalue weighted by atomic mass is 16.4. The molecule has 0 bridgehead atoms. The molecule has 1 N–H and O–H groups in total. The second kappa shape index (κ2) is 3.70. The number of carbonyl (C=O) groups is 2. The average molecular weight is 170 g/mol. The molecule has 1 aliphatic carbocycles. The molecule has 1 rings (SSSR count). The van der Waals surface area contributed by atoms with Crippen LogP contribution in [0.3, 0.4) is 0 Å². The first kappa shape index (κ1) is 9.23. The molecular weight excluding hydrogens is 156 g/mol. The van der Waals surface area contributed by atoms with E-state index in [0.29, 0.717) is 6.42 Å². The van der Waals surface area contributed by atoms with Crippen molar-refractivity contribution >= 4 is 11.8 Å². The lowest BCUT2D eigenvalue weighted by Gasteiger charge is -2.25. The van der Waals surface area contributed by atoms with Gasteiger partial charge in [0.05, 0.1) is 5.92 Å². The maximum atomic E-state index is 11.1. The van der Waals surface area contributed by atoms with Gasteiger partial charge in [0.2, 0.25) is 0 Å². The van der Waals surface area contributed by atoms with Crippen molar-refractivity contribution in [3.63, 3.8) is 0 Å². The molecule has 1 saturated carbocycles. The van der Waals surface area contributed by atoms with Crippen LogP contribution in [0.4, 0.5) is 0 Å². The smallest absolute Gasteiger partial charge is 0.307 e. The van der Waals surface area contributed by atoms with Gasteiger partial charge in [-0.3, -0.25) is 9.59 Å². The number of rotatable bonds is 2. The predicted molar refractivity (Wildman–Crippen MR) is 43.8 cm³/mol. The molecule has 0 amide bonds. The van der Waals surface area contributed by atoms with E-state index >= 15 is 0 Å². The summed E-state index contributed by atoms with van der Waals surface area (Å²) in [4.78, 5) is 21.8. The first-order valence-corrected chi connectivity index (χ1v) is 4.36. The minimum absolute atomic E-state index is 0.0297. The van der Waals surface area contributed by atoms with E-state index in [1.165, 1.54) is 6.92 Å². The molecule has 0 aliphatic heterocycles. The summed E-state index contributed by atoms with van der Waals surface area (Å²) in [7, 11) is 0. The van der Waals surface area contributed by atoms with Gasteiger partial charge in [-0.2, -0.15) is 0 Å². The predicted octanol–water partition coefficient (Wildman–Crippen LogP) is 1.47. The van der Waals surface area contributed by atoms with Crippen molar-refractivity contribution in [3.05, 3.63) is 0 Å². The van der Waals surface area contributed by atoms with Crippen LogP contribution in [-0.4, -0.2) is 16.9 Å². The van der Waals surface area contributed by atoms with Crippen molar-refractivity contribution in [1.82, 2.24) is 0 Å². The molecule has 0 aromatic rings. The lowest BCUT2D eigenvalue weighted by atomic mass is 9.77. The zero-order valence-electron chi connectivity index (χ0n) is 7.25. The van der Waals surface area contributed by atoms with Crippen LogP contribution in [0.25, 0.3) is 0 Å². The first-order valence-electron chi connectivity index (χ1n) is 4.36. The highest BCUT2D eigenvalue weighted by molar-refractivity contribution is 5.84. The Kier molecular flexibility index (Phi) is 2.84. The van der Waals surface area contributed by atoms with Crippen molar-refractivity contribution in [2.24, 2.45) is 11.8 Å². The van der Waals surface area contributed by atoms with E-state index in [1.807, 2.05) is 0 Å². The number of hydrogen-bond donors (Lipinski definition) is 1. The Morgan fingerprint density at radius 2 is 1.67 bits per heavy atom. The van der Waals surface area contributed by atoms with Crippen LogP contribution in [0.15, 0.2) is 0 Å². The molecule has 2 atom stereocenters. The van der Waals surface area contributed by atoms with E-state index < -0.39 is 11.9 Å². The summed E-state index contributed by atoms with van der Waals surface area (Å²) in [6.45, 7) is 1.49. The molecule has 0 heterocycles. The maximum absolute atomic E-state index is 11.1. The lowest BCUT2D eigenvalue weighted by Crippen LogP contribution is -2.31. The zero-order valence-corrected chi connectivity index (χ0v) is 7.25. The molecular formula is C9H14O3. The fraction of sp³-hybridized carbons (Fsp3) is 0.778. The Hall–Kier alpha value is -0.860. The summed E-state index contributed by atoms with van der Waals surface area (Å²) in [6, 6.07) is 0. The van der Waals surface area contributed by atoms with Crippen molar-refractivity contribution in [1.29, 1.82) is 0 Å². The van der Waals surface area contributed by atoms with Gasteiger partial charge in [-0.1, -0.05) is 12.8 Å². The number of aliphatic carboxylic acids is 1. The Bertz CT molecular complexity index is 176. The Balaban J connectivity index is 2.67. The second-order valence-electron chi connectivity index (χ2n) is 3.45. The Morgan fingerprint density at radius 1 is 1.17 bits per heavy atom. The molecule has 0 radical (unpaired) electrons. The number of carboxylic acid groups (broad SMARTS) is 1. The zero-order chi connectivity index (χ0) is 9.14. The molecule has 0 unspecified atom stereocenters. The minimum atomic E-state index is -0.810. The number of carboxylic acids is 1. The molecule has 1 aliphatic rings. The normalized spacial score (nSPS) is 29.8. The van der Waals surface area contributed by atoms with E-state index in [9.17, 15) is 9.59 Å². The molecule has 68 valence electrons. The molecule has 3 nitrogen and oxygen atoms in total. The topological polar surface area (TPSA) is 54.4 Å². The average Bonchev–Trinajstić information content (AvgIpc) is 2.04. The van der Waals surface area contributed by atoms with Gasteiger partial charge in [-0.05, 0) is 19.8 Å². The standard InChI is InChI=1S/C9H14O3/c1-6(10)7-4-2-3-5-8(7)9(11)12/h7-8H,2-5H2,1H3,(H,11,12)/t7-,8-/m1/s1. The summed E-state index contributed by atoms with van der Waals surface area (Å²) >= 11 is 0. The summed E-state index contributed by atoms with van der Waals surface area (Å²) in [5, 5.41) is 8.81. The number of carbonyl (C=O) groups excluding carboxylic acids is 1. The summed E-state index contributed by atoms with van der Waals surface area (Å²) in [5.41, 5.74) is 0. The van der Waals surface area contributed by atoms with Gasteiger partial charge < -0.3 is 5.11 Å². The summed E-state index contributed by atoms with van der Waals surface area (Å²) < 4.78 is 0. The molecule has 3 heteroatoms. The second-order valence-corrected chi connectivity index (χ2v) is 3.45. The third-order valence-corrected chi connectivity index (χ3v) is 2.61. The van der Waals surface area contributed by atoms with Crippen LogP contribution in [0, 0.1) is 11.8 Å². The lowest BCUT2D eigenvalue weighted by molar-refractivity contribution is -0.148. The fourth-order valence-corrected chi connectivity index (χ4v) is 1.91. The van der Waals surface area contributed by atoms with Crippen molar-refractivity contribution in [2.45, 2.75) is 32.6 Å². The minimum Gasteiger partial charge on any atom is -0.481 e. The van der Waals surface area contributed by atoms with E-state index in [1.54, 1.807) is 0 Å². The molecule has 0 saturated heterocycles. The number of ketones is 1. The van der Waals surface area contributed by atoms with E-state index in [2.05, 4.69) is 0 Å². The van der Waals surface area contributed by atoms with Crippen LogP contribution in [0.5, 0.6) is 0 Å². The van der Waals surface area contributed by atoms with Gasteiger partial charge in [0, 0.05) is 5.92 Å². The van der Waals surface area contributed by atoms with Gasteiger partial charge in [0.15, 0.2) is 0 Å². The fourth-order valence-electron chi connectivity index (χ4n) is 1.91. The maximum Gasteiger partial charge on any atom is 0.307 e. The molecule has 0 aromatic carbocycles. The molecule has 12 heavy (non-hydrogen) atoms. The SMILES string of the molecule is CC(=O)[C@H]1CCCC[C@H]1C(=O)O. The van der Waals surface area contributed by atoms with Gasteiger partial charge in [-0.25, -0.2) is 0 Å². The van der Waals surface area contributed by atoms with Gasteiger partial charge >= 0.3 is 5.97 Å². The van der Waals surface area contributed by atoms with Crippen LogP contribution in [0.1, 0.15) is 32.6 Å². The van der Waals surface area contributed by atoms with E-state index in [4.69, 9.17) is 5.11 Å². The van der Waals surface area contributed by atoms with E-state index in [-0.39, 0.29) is 11.7 Å². The molecule has 0 aromatic heterocycles. The molecule has 0 spiro atoms. The van der Waals surface area contributed by atoms with Gasteiger partial charge in [0.1, 0.15) is 5.78 Å². The largest absolute Gasteiger partial charge is 0.481 e. The molecule has 1 fully saturated rings. The van der Waals surface area contributed by atoms with Crippen LogP contribution < -0.4 is 0 Å². The quantitative estimate of drug-likeness (QED) is 0.682. The Morgan fingerprint density at radius 3 is 2.00 bits per heavy atom. The van der Waals surface area contributed by atoms with Crippen molar-refractivity contribution in [2.75, 3.05) is 0 Å². The summed E-state index contributed by atoms with van der Waals surface area (Å²) in [6.07, 6.45) is 3.36. The van der Waals surface area contributed by atoms with Crippen molar-refractivity contribution in [3.8, 4) is 0 Å². The Labute approximate surface area is 71.8 Å². The van der Waals surface area contributed by atoms with Crippen LogP contribution in [-0.2, 0) is 9.59 Å². The van der Waals surface area contributed by atoms with Gasteiger partial charge in [0.25, 0.3) is 0 Å². The summed E-state index contributed by atoms with van der Waals surface area (Å²) in [5.74, 6) is -1.43. The third-order valence-electron chi connectivity index (χ3n) is 2.61. The highest BCUT2D eigenvalue weighted by Crippen LogP contribution is 2.30. The van der Waals surface area contributed by atoms with Crippen molar-refractivity contribution < 1.29 is 14.7 Å². The third kappa shape index (κ3) is 1.84. The monoisotopic (exact) mass is 170 g/mol. The first-order chi connectivity index (χ1) is 5.63. The van der Waals surface area contributed by atoms with Gasteiger partial charge in [-0.15, -0.1) is 0 Å². The van der Waals surface area contributed by atoms with Crippen LogP contribution >= 0.6 is 0 Å².